The van der Waals surface area contributed by atoms with E-state index in [1.54, 1.807) is 0 Å². The molecule has 0 fully saturated rings. The molecule has 5 rings (SSSR count). The van der Waals surface area contributed by atoms with E-state index < -0.39 is 11.6 Å². The van der Waals surface area contributed by atoms with E-state index in [2.05, 4.69) is 72.3 Å². The summed E-state index contributed by atoms with van der Waals surface area (Å²) >= 11 is 0. The maximum absolute atomic E-state index is 14.1. The van der Waals surface area contributed by atoms with Crippen LogP contribution in [0.5, 0.6) is 0 Å². The number of aromatic nitrogens is 3. The molecular weight excluding hydrogens is 428 g/mol. The van der Waals surface area contributed by atoms with Gasteiger partial charge in [0.25, 0.3) is 0 Å². The smallest absolute Gasteiger partial charge is 0.169 e. The Kier molecular flexibility index (Phi) is 5.93. The highest BCUT2D eigenvalue weighted by atomic mass is 19.2. The zero-order chi connectivity index (χ0) is 23.7. The first-order chi connectivity index (χ1) is 16.5. The Balaban J connectivity index is 1.33. The van der Waals surface area contributed by atoms with Gasteiger partial charge in [-0.1, -0.05) is 68.4 Å². The van der Waals surface area contributed by atoms with Crippen molar-refractivity contribution in [3.63, 3.8) is 0 Å². The van der Waals surface area contributed by atoms with E-state index in [9.17, 15) is 8.78 Å². The second-order valence-corrected chi connectivity index (χ2v) is 9.03. The number of hydrogen-bond donors (Lipinski definition) is 0. The molecule has 3 aromatic carbocycles. The van der Waals surface area contributed by atoms with Crippen LogP contribution in [0.25, 0.3) is 33.9 Å². The standard InChI is InChI=1S/C29H25F2N3/c1-19(2)16-20-6-10-22(11-7-20)23-12-8-21(9-13-23)17-34-15-14-26-27(18-34)33-29(32-26)24-4-3-5-25(30)28(24)31/h3-15,18-19H,16-17H2,1-2H3. The summed E-state index contributed by atoms with van der Waals surface area (Å²) in [6, 6.07) is 23.2. The predicted molar refractivity (Wildman–Crippen MR) is 132 cm³/mol. The third-order valence-electron chi connectivity index (χ3n) is 5.87. The lowest BCUT2D eigenvalue weighted by Gasteiger charge is -2.10. The Labute approximate surface area is 198 Å². The fraction of sp³-hybridized carbons (Fsp3) is 0.172. The molecular formula is C29H25F2N3. The summed E-state index contributed by atoms with van der Waals surface area (Å²) in [5, 5.41) is 0. The first kappa shape index (κ1) is 22.0. The number of benzene rings is 3. The van der Waals surface area contributed by atoms with Crippen molar-refractivity contribution in [3.05, 3.63) is 108 Å². The molecule has 3 aromatic rings. The Hall–Kier alpha value is -3.86. The molecule has 0 saturated heterocycles. The zero-order valence-corrected chi connectivity index (χ0v) is 19.2. The van der Waals surface area contributed by atoms with Gasteiger partial charge in [-0.2, -0.15) is 0 Å². The van der Waals surface area contributed by atoms with Crippen LogP contribution >= 0.6 is 0 Å². The minimum absolute atomic E-state index is 0.0653. The van der Waals surface area contributed by atoms with Crippen molar-refractivity contribution in [2.45, 2.75) is 26.8 Å². The molecule has 34 heavy (non-hydrogen) atoms. The first-order valence-electron chi connectivity index (χ1n) is 11.4. The molecule has 2 aliphatic rings. The van der Waals surface area contributed by atoms with Gasteiger partial charge in [-0.3, -0.25) is 0 Å². The Morgan fingerprint density at radius 1 is 0.765 bits per heavy atom. The molecule has 0 spiro atoms. The minimum Gasteiger partial charge on any atom is -0.348 e. The summed E-state index contributed by atoms with van der Waals surface area (Å²) in [5.41, 5.74) is 6.25. The third kappa shape index (κ3) is 4.60. The molecule has 2 heterocycles. The SMILES string of the molecule is CC(C)Cc1ccc(-c2ccc(Cn3ccc4nc(-c5cccc(F)c5F)nc-4c3)cc2)cc1. The van der Waals surface area contributed by atoms with Crippen molar-refractivity contribution in [1.82, 2.24) is 14.5 Å². The maximum Gasteiger partial charge on any atom is 0.169 e. The lowest BCUT2D eigenvalue weighted by molar-refractivity contribution is 0.510. The lowest BCUT2D eigenvalue weighted by Crippen LogP contribution is -2.00. The van der Waals surface area contributed by atoms with Gasteiger partial charge in [0.2, 0.25) is 0 Å². The zero-order valence-electron chi connectivity index (χ0n) is 19.2. The second kappa shape index (κ2) is 9.18. The molecule has 0 unspecified atom stereocenters. The summed E-state index contributed by atoms with van der Waals surface area (Å²) in [6.07, 6.45) is 4.89. The minimum atomic E-state index is -0.930. The van der Waals surface area contributed by atoms with E-state index in [0.717, 1.165) is 18.1 Å². The third-order valence-corrected chi connectivity index (χ3v) is 5.87. The van der Waals surface area contributed by atoms with Crippen LogP contribution in [-0.2, 0) is 13.0 Å². The van der Waals surface area contributed by atoms with E-state index in [-0.39, 0.29) is 11.4 Å². The van der Waals surface area contributed by atoms with E-state index in [0.29, 0.717) is 23.9 Å². The fourth-order valence-corrected chi connectivity index (χ4v) is 4.17. The Morgan fingerprint density at radius 2 is 1.41 bits per heavy atom. The van der Waals surface area contributed by atoms with Crippen LogP contribution in [0.1, 0.15) is 25.0 Å². The van der Waals surface area contributed by atoms with Gasteiger partial charge in [-0.15, -0.1) is 0 Å². The number of fused-ring (bicyclic) bond motifs is 1. The van der Waals surface area contributed by atoms with Crippen molar-refractivity contribution in [2.24, 2.45) is 5.92 Å². The van der Waals surface area contributed by atoms with Crippen LogP contribution < -0.4 is 0 Å². The Morgan fingerprint density at radius 3 is 2.09 bits per heavy atom. The van der Waals surface area contributed by atoms with Gasteiger partial charge in [0.05, 0.1) is 11.3 Å². The summed E-state index contributed by atoms with van der Waals surface area (Å²) in [7, 11) is 0. The van der Waals surface area contributed by atoms with E-state index in [4.69, 9.17) is 0 Å². The molecule has 0 bridgehead atoms. The summed E-state index contributed by atoms with van der Waals surface area (Å²) in [4.78, 5) is 8.80. The number of hydrogen-bond acceptors (Lipinski definition) is 2. The number of pyridine rings is 1. The molecule has 170 valence electrons. The van der Waals surface area contributed by atoms with Crippen molar-refractivity contribution in [3.8, 4) is 33.9 Å². The topological polar surface area (TPSA) is 30.7 Å². The van der Waals surface area contributed by atoms with E-state index >= 15 is 0 Å². The van der Waals surface area contributed by atoms with Crippen LogP contribution in [0, 0.1) is 17.6 Å². The maximum atomic E-state index is 14.1. The lowest BCUT2D eigenvalue weighted by atomic mass is 9.98. The van der Waals surface area contributed by atoms with Gasteiger partial charge in [-0.05, 0) is 52.8 Å². The summed E-state index contributed by atoms with van der Waals surface area (Å²) in [5.74, 6) is -1.000. The van der Waals surface area contributed by atoms with Gasteiger partial charge in [0, 0.05) is 18.9 Å². The van der Waals surface area contributed by atoms with Crippen LogP contribution in [0.4, 0.5) is 8.78 Å². The Bertz CT molecular complexity index is 1390. The highest BCUT2D eigenvalue weighted by molar-refractivity contribution is 5.66. The average Bonchev–Trinajstić information content (AvgIpc) is 3.25. The number of halogens is 2. The van der Waals surface area contributed by atoms with E-state index in [1.807, 2.05) is 23.0 Å². The highest BCUT2D eigenvalue weighted by Gasteiger charge is 2.17. The van der Waals surface area contributed by atoms with E-state index in [1.165, 1.54) is 28.8 Å². The van der Waals surface area contributed by atoms with Gasteiger partial charge < -0.3 is 4.57 Å². The van der Waals surface area contributed by atoms with Crippen molar-refractivity contribution in [1.29, 1.82) is 0 Å². The molecule has 0 aromatic heterocycles. The monoisotopic (exact) mass is 453 g/mol. The molecule has 0 atom stereocenters. The van der Waals surface area contributed by atoms with Crippen molar-refractivity contribution >= 4 is 0 Å². The molecule has 0 aliphatic carbocycles. The van der Waals surface area contributed by atoms with Gasteiger partial charge in [-0.25, -0.2) is 18.7 Å². The second-order valence-electron chi connectivity index (χ2n) is 9.03. The van der Waals surface area contributed by atoms with Crippen LogP contribution in [-0.4, -0.2) is 14.5 Å². The number of rotatable bonds is 6. The van der Waals surface area contributed by atoms with Crippen LogP contribution in [0.2, 0.25) is 0 Å². The quantitative estimate of drug-likeness (QED) is 0.271. The molecule has 5 heteroatoms. The molecule has 0 amide bonds. The van der Waals surface area contributed by atoms with Crippen LogP contribution in [0.15, 0.2) is 85.2 Å². The average molecular weight is 454 g/mol. The normalized spacial score (nSPS) is 11.4. The van der Waals surface area contributed by atoms with Gasteiger partial charge in [0.15, 0.2) is 17.5 Å². The molecule has 3 nitrogen and oxygen atoms in total. The summed E-state index contributed by atoms with van der Waals surface area (Å²) < 4.78 is 29.8. The highest BCUT2D eigenvalue weighted by Crippen LogP contribution is 2.28. The van der Waals surface area contributed by atoms with Gasteiger partial charge in [0.1, 0.15) is 5.69 Å². The van der Waals surface area contributed by atoms with Crippen LogP contribution in [0.3, 0.4) is 0 Å². The largest absolute Gasteiger partial charge is 0.348 e. The molecule has 0 N–H and O–H groups in total. The van der Waals surface area contributed by atoms with Gasteiger partial charge >= 0.3 is 0 Å². The first-order valence-corrected chi connectivity index (χ1v) is 11.4. The molecule has 0 saturated carbocycles. The van der Waals surface area contributed by atoms with Crippen molar-refractivity contribution in [2.75, 3.05) is 0 Å². The predicted octanol–water partition coefficient (Wildman–Crippen LogP) is 7.24. The number of imidazole rings is 1. The number of nitrogens with zero attached hydrogens (tertiary/aromatic N) is 3. The molecule has 2 aliphatic heterocycles. The fourth-order valence-electron chi connectivity index (χ4n) is 4.17. The summed E-state index contributed by atoms with van der Waals surface area (Å²) in [6.45, 7) is 5.13. The van der Waals surface area contributed by atoms with Crippen molar-refractivity contribution < 1.29 is 8.78 Å². The molecule has 0 radical (unpaired) electrons.